The van der Waals surface area contributed by atoms with Gasteiger partial charge in [0.15, 0.2) is 0 Å². The SMILES string of the molecule is C1=Cc2c(n(-c3ccc4c5cc6c(cc5n(-c5ccccc5)c4c3)oc3ccccc36)c3ccc(-c4ccc5c(c4)c4ccccc4n5-c4ccccc4)cc23)CC1. The Morgan fingerprint density at radius 2 is 0.966 bits per heavy atom. The van der Waals surface area contributed by atoms with Crippen molar-refractivity contribution in [1.29, 1.82) is 0 Å². The normalized spacial score (nSPS) is 13.0. The molecule has 8 aromatic carbocycles. The molecule has 0 radical (unpaired) electrons. The lowest BCUT2D eigenvalue weighted by molar-refractivity contribution is 0.669. The first-order valence-electron chi connectivity index (χ1n) is 20.1. The first-order valence-corrected chi connectivity index (χ1v) is 20.1. The van der Waals surface area contributed by atoms with Crippen LogP contribution in [0.15, 0.2) is 186 Å². The van der Waals surface area contributed by atoms with Crippen molar-refractivity contribution in [2.75, 3.05) is 0 Å². The molecule has 0 unspecified atom stereocenters. The molecule has 0 fully saturated rings. The van der Waals surface area contributed by atoms with Crippen LogP contribution in [0.2, 0.25) is 0 Å². The highest BCUT2D eigenvalue weighted by Crippen LogP contribution is 2.42. The summed E-state index contributed by atoms with van der Waals surface area (Å²) in [5.41, 5.74) is 16.4. The summed E-state index contributed by atoms with van der Waals surface area (Å²) in [6, 6.07) is 64.1. The smallest absolute Gasteiger partial charge is 0.137 e. The molecule has 13 rings (SSSR count). The van der Waals surface area contributed by atoms with E-state index in [1.54, 1.807) is 0 Å². The molecule has 4 aromatic heterocycles. The van der Waals surface area contributed by atoms with Crippen molar-refractivity contribution in [2.24, 2.45) is 0 Å². The Morgan fingerprint density at radius 1 is 0.362 bits per heavy atom. The average Bonchev–Trinajstić information content (AvgIpc) is 4.01. The Morgan fingerprint density at radius 3 is 1.76 bits per heavy atom. The minimum Gasteiger partial charge on any atom is -0.456 e. The largest absolute Gasteiger partial charge is 0.456 e. The second-order valence-electron chi connectivity index (χ2n) is 15.6. The Hall–Kier alpha value is -7.56. The molecule has 0 amide bonds. The van der Waals surface area contributed by atoms with E-state index < -0.39 is 0 Å². The van der Waals surface area contributed by atoms with Crippen LogP contribution in [0.5, 0.6) is 0 Å². The summed E-state index contributed by atoms with van der Waals surface area (Å²) in [5, 5.41) is 8.56. The van der Waals surface area contributed by atoms with Gasteiger partial charge in [-0.25, -0.2) is 0 Å². The van der Waals surface area contributed by atoms with Crippen LogP contribution in [0.3, 0.4) is 0 Å². The third kappa shape index (κ3) is 4.45. The maximum Gasteiger partial charge on any atom is 0.137 e. The summed E-state index contributed by atoms with van der Waals surface area (Å²) >= 11 is 0. The van der Waals surface area contributed by atoms with Crippen LogP contribution in [0, 0.1) is 0 Å². The number of benzene rings is 8. The summed E-state index contributed by atoms with van der Waals surface area (Å²) in [5.74, 6) is 0. The molecule has 0 bridgehead atoms. The number of allylic oxidation sites excluding steroid dienone is 1. The van der Waals surface area contributed by atoms with Crippen molar-refractivity contribution in [2.45, 2.75) is 12.8 Å². The van der Waals surface area contributed by atoms with E-state index in [4.69, 9.17) is 4.42 Å². The van der Waals surface area contributed by atoms with Gasteiger partial charge in [-0.2, -0.15) is 0 Å². The molecule has 12 aromatic rings. The van der Waals surface area contributed by atoms with Gasteiger partial charge in [0.2, 0.25) is 0 Å². The molecule has 0 aliphatic heterocycles. The zero-order valence-electron chi connectivity index (χ0n) is 31.6. The number of rotatable bonds is 4. The number of fused-ring (bicyclic) bond motifs is 12. The van der Waals surface area contributed by atoms with Gasteiger partial charge >= 0.3 is 0 Å². The fourth-order valence-electron chi connectivity index (χ4n) is 9.92. The number of hydrogen-bond acceptors (Lipinski definition) is 1. The fraction of sp³-hybridized carbons (Fsp3) is 0.0370. The van der Waals surface area contributed by atoms with Gasteiger partial charge in [-0.1, -0.05) is 103 Å². The average molecular weight is 742 g/mol. The van der Waals surface area contributed by atoms with Crippen molar-refractivity contribution in [3.8, 4) is 28.2 Å². The van der Waals surface area contributed by atoms with Crippen molar-refractivity contribution in [1.82, 2.24) is 13.7 Å². The van der Waals surface area contributed by atoms with Crippen molar-refractivity contribution in [3.63, 3.8) is 0 Å². The zero-order chi connectivity index (χ0) is 37.9. The Kier molecular flexibility index (Phi) is 6.53. The Bertz CT molecular complexity index is 3670. The molecule has 58 heavy (non-hydrogen) atoms. The lowest BCUT2D eigenvalue weighted by Crippen LogP contribution is -2.03. The van der Waals surface area contributed by atoms with E-state index in [1.165, 1.54) is 82.8 Å². The van der Waals surface area contributed by atoms with Crippen LogP contribution in [0.25, 0.3) is 111 Å². The molecule has 0 saturated carbocycles. The number of nitrogens with zero attached hydrogens (tertiary/aromatic N) is 3. The van der Waals surface area contributed by atoms with Crippen molar-refractivity contribution >= 4 is 82.5 Å². The minimum atomic E-state index is 0.906. The first-order chi connectivity index (χ1) is 28.8. The molecule has 4 heteroatoms. The first kappa shape index (κ1) is 31.6. The number of hydrogen-bond donors (Lipinski definition) is 0. The highest BCUT2D eigenvalue weighted by molar-refractivity contribution is 6.18. The summed E-state index contributed by atoms with van der Waals surface area (Å²) in [7, 11) is 0. The summed E-state index contributed by atoms with van der Waals surface area (Å²) in [6.45, 7) is 0. The van der Waals surface area contributed by atoms with Gasteiger partial charge in [0, 0.05) is 72.1 Å². The summed E-state index contributed by atoms with van der Waals surface area (Å²) in [6.07, 6.45) is 6.69. The molecule has 0 atom stereocenters. The van der Waals surface area contributed by atoms with Gasteiger partial charge in [-0.3, -0.25) is 0 Å². The fourth-order valence-corrected chi connectivity index (χ4v) is 9.92. The van der Waals surface area contributed by atoms with Crippen LogP contribution in [0.4, 0.5) is 0 Å². The topological polar surface area (TPSA) is 27.9 Å². The van der Waals surface area contributed by atoms with Crippen LogP contribution in [-0.4, -0.2) is 13.7 Å². The predicted molar refractivity (Wildman–Crippen MR) is 242 cm³/mol. The van der Waals surface area contributed by atoms with E-state index in [1.807, 2.05) is 6.07 Å². The van der Waals surface area contributed by atoms with E-state index in [2.05, 4.69) is 196 Å². The third-order valence-electron chi connectivity index (χ3n) is 12.5. The van der Waals surface area contributed by atoms with Crippen LogP contribution >= 0.6 is 0 Å². The molecule has 272 valence electrons. The lowest BCUT2D eigenvalue weighted by atomic mass is 9.98. The molecule has 4 nitrogen and oxygen atoms in total. The van der Waals surface area contributed by atoms with Crippen LogP contribution < -0.4 is 0 Å². The molecule has 0 saturated heterocycles. The molecule has 4 heterocycles. The monoisotopic (exact) mass is 741 g/mol. The predicted octanol–water partition coefficient (Wildman–Crippen LogP) is 14.4. The maximum atomic E-state index is 6.42. The summed E-state index contributed by atoms with van der Waals surface area (Å²) in [4.78, 5) is 0. The van der Waals surface area contributed by atoms with Gasteiger partial charge < -0.3 is 18.1 Å². The Balaban J connectivity index is 1.01. The minimum absolute atomic E-state index is 0.906. The van der Waals surface area contributed by atoms with Gasteiger partial charge in [-0.15, -0.1) is 0 Å². The Labute approximate surface area is 333 Å². The van der Waals surface area contributed by atoms with E-state index in [0.717, 1.165) is 46.0 Å². The number of aromatic nitrogens is 3. The molecule has 1 aliphatic rings. The second-order valence-corrected chi connectivity index (χ2v) is 15.6. The van der Waals surface area contributed by atoms with E-state index in [0.29, 0.717) is 0 Å². The molecule has 1 aliphatic carbocycles. The van der Waals surface area contributed by atoms with Crippen molar-refractivity contribution < 1.29 is 4.42 Å². The van der Waals surface area contributed by atoms with Gasteiger partial charge in [0.1, 0.15) is 11.2 Å². The van der Waals surface area contributed by atoms with E-state index in [-0.39, 0.29) is 0 Å². The van der Waals surface area contributed by atoms with Crippen LogP contribution in [0.1, 0.15) is 17.7 Å². The highest BCUT2D eigenvalue weighted by Gasteiger charge is 2.22. The summed E-state index contributed by atoms with van der Waals surface area (Å²) < 4.78 is 13.7. The van der Waals surface area contributed by atoms with E-state index in [9.17, 15) is 0 Å². The number of para-hydroxylation sites is 4. The van der Waals surface area contributed by atoms with Crippen molar-refractivity contribution in [3.05, 3.63) is 193 Å². The van der Waals surface area contributed by atoms with Crippen LogP contribution in [-0.2, 0) is 6.42 Å². The van der Waals surface area contributed by atoms with Gasteiger partial charge in [-0.05, 0) is 103 Å². The number of furan rings is 1. The van der Waals surface area contributed by atoms with Gasteiger partial charge in [0.25, 0.3) is 0 Å². The third-order valence-corrected chi connectivity index (χ3v) is 12.5. The molecule has 0 N–H and O–H groups in total. The molecular formula is C54H35N3O. The maximum absolute atomic E-state index is 6.42. The van der Waals surface area contributed by atoms with E-state index >= 15 is 0 Å². The highest BCUT2D eigenvalue weighted by atomic mass is 16.3. The quantitative estimate of drug-likeness (QED) is 0.176. The lowest BCUT2D eigenvalue weighted by Gasteiger charge is -2.14. The van der Waals surface area contributed by atoms with Gasteiger partial charge in [0.05, 0.1) is 27.6 Å². The molecular weight excluding hydrogens is 707 g/mol. The zero-order valence-corrected chi connectivity index (χ0v) is 31.6. The standard InChI is InChI=1S/C54H35N3O/c1-3-13-36(14-4-1)55-47-20-10-7-17-39(47)43-29-34(23-27-49(43)55)35-24-28-50-44(30-35)40-18-8-11-21-48(40)57(50)38-25-26-41-45-32-46-42-19-9-12-22-53(42)58-54(46)33-52(45)56(51(41)31-38)37-15-5-2-6-16-37/h1-10,12-20,22-33H,11,21H2. The second kappa shape index (κ2) is 12.0. The molecule has 0 spiro atoms.